The Morgan fingerprint density at radius 2 is 2.09 bits per heavy atom. The quantitative estimate of drug-likeness (QED) is 0.615. The Hall–Kier alpha value is -1.02. The van der Waals surface area contributed by atoms with Crippen molar-refractivity contribution in [1.82, 2.24) is 0 Å². The van der Waals surface area contributed by atoms with Crippen LogP contribution in [0.5, 0.6) is 0 Å². The first-order valence-electron chi connectivity index (χ1n) is 8.51. The fraction of sp³-hybridized carbons (Fsp3) is 0.550. The second kappa shape index (κ2) is 10.7. The molecule has 2 atom stereocenters. The van der Waals surface area contributed by atoms with Crippen molar-refractivity contribution in [3.05, 3.63) is 47.5 Å². The van der Waals surface area contributed by atoms with Crippen molar-refractivity contribution in [2.24, 2.45) is 11.8 Å². The minimum Gasteiger partial charge on any atom is -0.298 e. The summed E-state index contributed by atoms with van der Waals surface area (Å²) in [6.45, 7) is 8.33. The molecule has 0 N–H and O–H groups in total. The molecule has 122 valence electrons. The molecule has 2 rings (SSSR count). The van der Waals surface area contributed by atoms with E-state index >= 15 is 0 Å². The zero-order valence-electron chi connectivity index (χ0n) is 14.5. The van der Waals surface area contributed by atoms with E-state index in [1.807, 2.05) is 13.8 Å². The first kappa shape index (κ1) is 19.0. The van der Waals surface area contributed by atoms with Gasteiger partial charge >= 0.3 is 0 Å². The molecule has 0 saturated carbocycles. The van der Waals surface area contributed by atoms with Crippen LogP contribution in [0.15, 0.2) is 36.4 Å². The number of Topliss-reactive ketones (excluding diaryl/α,β-unsaturated/α-hetero) is 1. The van der Waals surface area contributed by atoms with Crippen molar-refractivity contribution in [1.29, 1.82) is 0 Å². The monoisotopic (exact) mass is 318 g/mol. The third-order valence-electron chi connectivity index (χ3n) is 4.01. The summed E-state index contributed by atoms with van der Waals surface area (Å²) in [6, 6.07) is 8.53. The number of benzene rings is 1. The Morgan fingerprint density at radius 1 is 1.32 bits per heavy atom. The molecule has 0 spiro atoms. The molecule has 22 heavy (non-hydrogen) atoms. The molecule has 1 aromatic rings. The van der Waals surface area contributed by atoms with Gasteiger partial charge in [0.2, 0.25) is 0 Å². The van der Waals surface area contributed by atoms with Crippen molar-refractivity contribution >= 4 is 17.5 Å². The summed E-state index contributed by atoms with van der Waals surface area (Å²) in [5.41, 5.74) is 2.60. The molecular formula is C20H30OS. The van der Waals surface area contributed by atoms with Crippen LogP contribution in [0, 0.1) is 18.8 Å². The molecule has 0 bridgehead atoms. The van der Waals surface area contributed by atoms with Gasteiger partial charge in [0.25, 0.3) is 0 Å². The number of ketones is 1. The Bertz CT molecular complexity index is 478. The minimum atomic E-state index is 0.165. The van der Waals surface area contributed by atoms with Crippen molar-refractivity contribution in [2.75, 3.05) is 5.75 Å². The molecular weight excluding hydrogens is 288 g/mol. The lowest BCUT2D eigenvalue weighted by Crippen LogP contribution is -2.20. The van der Waals surface area contributed by atoms with Gasteiger partial charge in [-0.05, 0) is 31.2 Å². The summed E-state index contributed by atoms with van der Waals surface area (Å²) in [6.07, 6.45) is 7.71. The fourth-order valence-corrected chi connectivity index (χ4v) is 3.65. The van der Waals surface area contributed by atoms with Crippen LogP contribution in [0.25, 0.3) is 0 Å². The van der Waals surface area contributed by atoms with Gasteiger partial charge in [-0.2, -0.15) is 0 Å². The van der Waals surface area contributed by atoms with Crippen LogP contribution in [0.3, 0.4) is 0 Å². The summed E-state index contributed by atoms with van der Waals surface area (Å²) < 4.78 is 0. The van der Waals surface area contributed by atoms with E-state index in [0.29, 0.717) is 17.5 Å². The number of rotatable bonds is 6. The SMILES string of the molecule is CC.CCC1CC=CC(C(=O)CSCc2cccc(C)c2)C1. The number of hydrogen-bond donors (Lipinski definition) is 0. The van der Waals surface area contributed by atoms with Crippen LogP contribution in [-0.4, -0.2) is 11.5 Å². The average molecular weight is 319 g/mol. The smallest absolute Gasteiger partial charge is 0.149 e. The largest absolute Gasteiger partial charge is 0.298 e. The molecule has 1 aliphatic carbocycles. The minimum absolute atomic E-state index is 0.165. The van der Waals surface area contributed by atoms with Crippen LogP contribution in [0.2, 0.25) is 0 Å². The molecule has 0 aromatic heterocycles. The summed E-state index contributed by atoms with van der Waals surface area (Å²) in [7, 11) is 0. The Morgan fingerprint density at radius 3 is 2.77 bits per heavy atom. The molecule has 0 fully saturated rings. The second-order valence-corrected chi connectivity index (χ2v) is 6.71. The van der Waals surface area contributed by atoms with Crippen LogP contribution in [0.4, 0.5) is 0 Å². The summed E-state index contributed by atoms with van der Waals surface area (Å²) in [4.78, 5) is 12.2. The normalized spacial score (nSPS) is 20.2. The van der Waals surface area contributed by atoms with E-state index in [4.69, 9.17) is 0 Å². The molecule has 2 heteroatoms. The van der Waals surface area contributed by atoms with Gasteiger partial charge in [-0.15, -0.1) is 11.8 Å². The summed E-state index contributed by atoms with van der Waals surface area (Å²) >= 11 is 1.74. The molecule has 0 amide bonds. The van der Waals surface area contributed by atoms with Gasteiger partial charge in [0.1, 0.15) is 5.78 Å². The number of carbonyl (C=O) groups excluding carboxylic acids is 1. The van der Waals surface area contributed by atoms with Gasteiger partial charge in [-0.25, -0.2) is 0 Å². The molecule has 0 heterocycles. The molecule has 0 radical (unpaired) electrons. The van der Waals surface area contributed by atoms with E-state index in [9.17, 15) is 4.79 Å². The molecule has 1 aliphatic rings. The highest BCUT2D eigenvalue weighted by Crippen LogP contribution is 2.27. The third-order valence-corrected chi connectivity index (χ3v) is 5.04. The van der Waals surface area contributed by atoms with E-state index in [-0.39, 0.29) is 5.92 Å². The maximum atomic E-state index is 12.2. The Balaban J connectivity index is 0.00000116. The highest BCUT2D eigenvalue weighted by Gasteiger charge is 2.22. The van der Waals surface area contributed by atoms with E-state index in [1.54, 1.807) is 11.8 Å². The van der Waals surface area contributed by atoms with Gasteiger partial charge in [0.15, 0.2) is 0 Å². The van der Waals surface area contributed by atoms with Crippen molar-refractivity contribution < 1.29 is 4.79 Å². The lowest BCUT2D eigenvalue weighted by atomic mass is 9.83. The second-order valence-electron chi connectivity index (χ2n) is 5.73. The predicted molar refractivity (Wildman–Crippen MR) is 99.3 cm³/mol. The van der Waals surface area contributed by atoms with Gasteiger partial charge in [-0.1, -0.05) is 69.2 Å². The number of thioether (sulfide) groups is 1. The van der Waals surface area contributed by atoms with Crippen molar-refractivity contribution in [2.45, 2.75) is 52.7 Å². The molecule has 1 nitrogen and oxygen atoms in total. The summed E-state index contributed by atoms with van der Waals surface area (Å²) in [5.74, 6) is 2.84. The van der Waals surface area contributed by atoms with E-state index in [1.165, 1.54) is 17.5 Å². The highest BCUT2D eigenvalue weighted by atomic mass is 32.2. The summed E-state index contributed by atoms with van der Waals surface area (Å²) in [5, 5.41) is 0. The zero-order valence-corrected chi connectivity index (χ0v) is 15.3. The first-order valence-corrected chi connectivity index (χ1v) is 9.67. The van der Waals surface area contributed by atoms with E-state index in [2.05, 4.69) is 50.3 Å². The van der Waals surface area contributed by atoms with Crippen molar-refractivity contribution in [3.8, 4) is 0 Å². The fourth-order valence-electron chi connectivity index (χ4n) is 2.72. The van der Waals surface area contributed by atoms with Crippen LogP contribution in [-0.2, 0) is 10.5 Å². The maximum Gasteiger partial charge on any atom is 0.149 e. The van der Waals surface area contributed by atoms with Gasteiger partial charge in [0, 0.05) is 11.7 Å². The van der Waals surface area contributed by atoms with Crippen LogP contribution >= 0.6 is 11.8 Å². The Kier molecular flexibility index (Phi) is 9.22. The number of allylic oxidation sites excluding steroid dienone is 2. The number of hydrogen-bond acceptors (Lipinski definition) is 2. The van der Waals surface area contributed by atoms with Gasteiger partial charge in [0.05, 0.1) is 5.75 Å². The average Bonchev–Trinajstić information content (AvgIpc) is 2.57. The molecule has 0 saturated heterocycles. The van der Waals surface area contributed by atoms with E-state index in [0.717, 1.165) is 18.6 Å². The van der Waals surface area contributed by atoms with Gasteiger partial charge < -0.3 is 0 Å². The van der Waals surface area contributed by atoms with E-state index < -0.39 is 0 Å². The first-order chi connectivity index (χ1) is 10.7. The van der Waals surface area contributed by atoms with Crippen LogP contribution < -0.4 is 0 Å². The lowest BCUT2D eigenvalue weighted by molar-refractivity contribution is -0.119. The number of carbonyl (C=O) groups is 1. The Labute approximate surface area is 140 Å². The van der Waals surface area contributed by atoms with Crippen molar-refractivity contribution in [3.63, 3.8) is 0 Å². The van der Waals surface area contributed by atoms with Gasteiger partial charge in [-0.3, -0.25) is 4.79 Å². The number of aryl methyl sites for hydroxylation is 1. The molecule has 0 aliphatic heterocycles. The van der Waals surface area contributed by atoms with Crippen LogP contribution in [0.1, 0.15) is 51.2 Å². The lowest BCUT2D eigenvalue weighted by Gasteiger charge is -2.22. The predicted octanol–water partition coefficient (Wildman–Crippen LogP) is 5.82. The third kappa shape index (κ3) is 6.39. The molecule has 1 aromatic carbocycles. The standard InChI is InChI=1S/C18H24OS.C2H6/c1-3-15-7-5-9-17(11-15)18(19)13-20-12-16-8-4-6-14(2)10-16;1-2/h4-6,8-10,15,17H,3,7,11-13H2,1-2H3;1-2H3. The topological polar surface area (TPSA) is 17.1 Å². The molecule has 2 unspecified atom stereocenters. The highest BCUT2D eigenvalue weighted by molar-refractivity contribution is 7.99. The zero-order chi connectivity index (χ0) is 16.4. The maximum absolute atomic E-state index is 12.2.